The first-order valence-electron chi connectivity index (χ1n) is 7.43. The van der Waals surface area contributed by atoms with Crippen molar-refractivity contribution in [1.29, 1.82) is 0 Å². The second kappa shape index (κ2) is 6.87. The number of aromatic nitrogens is 4. The summed E-state index contributed by atoms with van der Waals surface area (Å²) in [5, 5.41) is 7.11. The molecule has 23 heavy (non-hydrogen) atoms. The van der Waals surface area contributed by atoms with Crippen molar-refractivity contribution in [2.45, 2.75) is 18.7 Å². The molecule has 1 amide bonds. The van der Waals surface area contributed by atoms with Gasteiger partial charge >= 0.3 is 0 Å². The third-order valence-electron chi connectivity index (χ3n) is 3.65. The van der Waals surface area contributed by atoms with Gasteiger partial charge in [0.05, 0.1) is 34.3 Å². The number of benzene rings is 1. The third kappa shape index (κ3) is 3.73. The van der Waals surface area contributed by atoms with Crippen molar-refractivity contribution < 1.29 is 4.79 Å². The fraction of sp³-hybridized carbons (Fsp3) is 0.312. The van der Waals surface area contributed by atoms with Crippen LogP contribution in [0.2, 0.25) is 0 Å². The lowest BCUT2D eigenvalue weighted by Crippen LogP contribution is -2.26. The molecule has 0 saturated heterocycles. The lowest BCUT2D eigenvalue weighted by atomic mass is 10.3. The van der Waals surface area contributed by atoms with Gasteiger partial charge in [-0.05, 0) is 25.1 Å². The molecule has 0 radical (unpaired) electrons. The summed E-state index contributed by atoms with van der Waals surface area (Å²) < 4.78 is 1.75. The molecular formula is C16H19N5OS. The van der Waals surface area contributed by atoms with Crippen LogP contribution < -0.4 is 5.32 Å². The van der Waals surface area contributed by atoms with Gasteiger partial charge in [-0.2, -0.15) is 5.10 Å². The Balaban J connectivity index is 1.51. The lowest BCUT2D eigenvalue weighted by molar-refractivity contribution is -0.118. The highest BCUT2D eigenvalue weighted by molar-refractivity contribution is 8.00. The van der Waals surface area contributed by atoms with E-state index >= 15 is 0 Å². The number of nitrogens with one attached hydrogen (secondary N) is 2. The topological polar surface area (TPSA) is 75.6 Å². The second-order valence-electron chi connectivity index (χ2n) is 5.32. The molecule has 7 heteroatoms. The molecule has 0 saturated carbocycles. The number of thioether (sulfide) groups is 1. The Bertz CT molecular complexity index is 777. The van der Waals surface area contributed by atoms with Crippen LogP contribution in [0.25, 0.3) is 11.0 Å². The molecule has 2 heterocycles. The molecule has 120 valence electrons. The lowest BCUT2D eigenvalue weighted by Gasteiger charge is -2.09. The Hall–Kier alpha value is -2.28. The van der Waals surface area contributed by atoms with Crippen molar-refractivity contribution in [3.05, 3.63) is 48.0 Å². The highest BCUT2D eigenvalue weighted by atomic mass is 32.2. The standard InChI is InChI=1S/C16H19N5OS/c1-11(16-19-13-5-3-4-6-14(13)20-16)23-10-15(22)17-9-12-7-8-18-21(12)2/h3-8,11H,9-10H2,1-2H3,(H,17,22)(H,19,20)/t11-/m1/s1. The van der Waals surface area contributed by atoms with Gasteiger partial charge in [-0.25, -0.2) is 4.98 Å². The minimum absolute atomic E-state index is 0.0131. The van der Waals surface area contributed by atoms with Gasteiger partial charge in [0.25, 0.3) is 0 Å². The van der Waals surface area contributed by atoms with E-state index in [9.17, 15) is 4.79 Å². The number of amides is 1. The van der Waals surface area contributed by atoms with E-state index < -0.39 is 0 Å². The molecule has 0 aliphatic carbocycles. The Kier molecular flexibility index (Phi) is 4.66. The first-order chi connectivity index (χ1) is 11.1. The molecule has 0 aliphatic rings. The molecule has 1 aromatic carbocycles. The normalized spacial score (nSPS) is 12.4. The van der Waals surface area contributed by atoms with Crippen LogP contribution in [0.15, 0.2) is 36.5 Å². The van der Waals surface area contributed by atoms with E-state index in [2.05, 4.69) is 27.3 Å². The molecule has 0 bridgehead atoms. The number of para-hydroxylation sites is 2. The molecular weight excluding hydrogens is 310 g/mol. The third-order valence-corrected chi connectivity index (χ3v) is 4.80. The van der Waals surface area contributed by atoms with Crippen molar-refractivity contribution in [3.63, 3.8) is 0 Å². The maximum atomic E-state index is 12.0. The number of carbonyl (C=O) groups is 1. The Morgan fingerprint density at radius 3 is 2.96 bits per heavy atom. The summed E-state index contributed by atoms with van der Waals surface area (Å²) in [4.78, 5) is 19.8. The monoisotopic (exact) mass is 329 g/mol. The number of hydrogen-bond donors (Lipinski definition) is 2. The largest absolute Gasteiger partial charge is 0.350 e. The van der Waals surface area contributed by atoms with Gasteiger partial charge in [-0.1, -0.05) is 12.1 Å². The number of hydrogen-bond acceptors (Lipinski definition) is 4. The fourth-order valence-corrected chi connectivity index (χ4v) is 3.03. The number of fused-ring (bicyclic) bond motifs is 1. The van der Waals surface area contributed by atoms with Crippen molar-refractivity contribution in [3.8, 4) is 0 Å². The van der Waals surface area contributed by atoms with Crippen LogP contribution >= 0.6 is 11.8 Å². The van der Waals surface area contributed by atoms with E-state index in [1.54, 1.807) is 22.6 Å². The molecule has 3 aromatic rings. The first-order valence-corrected chi connectivity index (χ1v) is 8.48. The molecule has 1 atom stereocenters. The van der Waals surface area contributed by atoms with Gasteiger partial charge in [-0.3, -0.25) is 9.48 Å². The molecule has 2 N–H and O–H groups in total. The van der Waals surface area contributed by atoms with Gasteiger partial charge in [0, 0.05) is 13.2 Å². The first kappa shape index (κ1) is 15.6. The van der Waals surface area contributed by atoms with E-state index in [4.69, 9.17) is 0 Å². The van der Waals surface area contributed by atoms with Crippen LogP contribution in [0, 0.1) is 0 Å². The summed E-state index contributed by atoms with van der Waals surface area (Å²) in [6.45, 7) is 2.55. The van der Waals surface area contributed by atoms with E-state index in [0.717, 1.165) is 22.6 Å². The van der Waals surface area contributed by atoms with Crippen molar-refractivity contribution >= 4 is 28.7 Å². The molecule has 0 aliphatic heterocycles. The number of imidazole rings is 1. The van der Waals surface area contributed by atoms with Gasteiger partial charge in [0.15, 0.2) is 0 Å². The highest BCUT2D eigenvalue weighted by Gasteiger charge is 2.13. The zero-order valence-electron chi connectivity index (χ0n) is 13.1. The predicted octanol–water partition coefficient (Wildman–Crippen LogP) is 2.41. The zero-order valence-corrected chi connectivity index (χ0v) is 13.9. The van der Waals surface area contributed by atoms with Crippen LogP contribution in [0.4, 0.5) is 0 Å². The maximum Gasteiger partial charge on any atom is 0.230 e. The van der Waals surface area contributed by atoms with Crippen molar-refractivity contribution in [2.75, 3.05) is 5.75 Å². The van der Waals surface area contributed by atoms with Crippen LogP contribution in [0.5, 0.6) is 0 Å². The van der Waals surface area contributed by atoms with Crippen LogP contribution in [0.3, 0.4) is 0 Å². The number of H-pyrrole nitrogens is 1. The van der Waals surface area contributed by atoms with E-state index in [-0.39, 0.29) is 11.2 Å². The van der Waals surface area contributed by atoms with E-state index in [1.165, 1.54) is 0 Å². The Morgan fingerprint density at radius 1 is 1.39 bits per heavy atom. The van der Waals surface area contributed by atoms with Crippen LogP contribution in [-0.2, 0) is 18.4 Å². The zero-order chi connectivity index (χ0) is 16.2. The van der Waals surface area contributed by atoms with Crippen molar-refractivity contribution in [2.24, 2.45) is 7.05 Å². The van der Waals surface area contributed by atoms with E-state index in [1.807, 2.05) is 37.4 Å². The SMILES string of the molecule is C[C@@H](SCC(=O)NCc1ccnn1C)c1nc2ccccc2[nH]1. The number of aromatic amines is 1. The Labute approximate surface area is 138 Å². The quantitative estimate of drug-likeness (QED) is 0.728. The number of rotatable bonds is 6. The van der Waals surface area contributed by atoms with Gasteiger partial charge in [0.2, 0.25) is 5.91 Å². The number of carbonyl (C=O) groups excluding carboxylic acids is 1. The average molecular weight is 329 g/mol. The molecule has 3 rings (SSSR count). The predicted molar refractivity (Wildman–Crippen MR) is 92.0 cm³/mol. The van der Waals surface area contributed by atoms with E-state index in [0.29, 0.717) is 12.3 Å². The summed E-state index contributed by atoms with van der Waals surface area (Å²) >= 11 is 1.57. The fourth-order valence-electron chi connectivity index (χ4n) is 2.26. The summed E-state index contributed by atoms with van der Waals surface area (Å²) in [5.74, 6) is 1.31. The van der Waals surface area contributed by atoms with Gasteiger partial charge in [-0.15, -0.1) is 11.8 Å². The average Bonchev–Trinajstić information content (AvgIpc) is 3.16. The number of nitrogens with zero attached hydrogens (tertiary/aromatic N) is 3. The van der Waals surface area contributed by atoms with Crippen LogP contribution in [0.1, 0.15) is 23.7 Å². The summed E-state index contributed by atoms with van der Waals surface area (Å²) in [6.07, 6.45) is 1.72. The molecule has 0 unspecified atom stereocenters. The molecule has 0 fully saturated rings. The van der Waals surface area contributed by atoms with Crippen LogP contribution in [-0.4, -0.2) is 31.4 Å². The van der Waals surface area contributed by atoms with Crippen molar-refractivity contribution in [1.82, 2.24) is 25.1 Å². The maximum absolute atomic E-state index is 12.0. The molecule has 0 spiro atoms. The Morgan fingerprint density at radius 2 is 2.22 bits per heavy atom. The molecule has 2 aromatic heterocycles. The van der Waals surface area contributed by atoms with Gasteiger partial charge < -0.3 is 10.3 Å². The minimum Gasteiger partial charge on any atom is -0.350 e. The second-order valence-corrected chi connectivity index (χ2v) is 6.64. The smallest absolute Gasteiger partial charge is 0.230 e. The minimum atomic E-state index is 0.0131. The molecule has 6 nitrogen and oxygen atoms in total. The summed E-state index contributed by atoms with van der Waals surface area (Å²) in [7, 11) is 1.86. The summed E-state index contributed by atoms with van der Waals surface area (Å²) in [6, 6.07) is 9.83. The number of aryl methyl sites for hydroxylation is 1. The summed E-state index contributed by atoms with van der Waals surface area (Å²) in [5.41, 5.74) is 2.96. The van der Waals surface area contributed by atoms with Gasteiger partial charge in [0.1, 0.15) is 5.82 Å². The highest BCUT2D eigenvalue weighted by Crippen LogP contribution is 2.27.